The molecule has 0 atom stereocenters. The number of ether oxygens (including phenoxy) is 2. The number of benzene rings is 2. The number of carbonyl (C=O) groups is 1. The molecule has 5 rings (SSSR count). The fourth-order valence-corrected chi connectivity index (χ4v) is 4.38. The lowest BCUT2D eigenvalue weighted by atomic mass is 9.79. The van der Waals surface area contributed by atoms with E-state index in [4.69, 9.17) is 9.47 Å². The first-order valence-corrected chi connectivity index (χ1v) is 10.00. The molecule has 0 saturated carbocycles. The van der Waals surface area contributed by atoms with E-state index in [1.807, 2.05) is 35.2 Å². The highest BCUT2D eigenvalue weighted by Gasteiger charge is 2.47. The van der Waals surface area contributed by atoms with Crippen molar-refractivity contribution in [2.75, 3.05) is 38.7 Å². The molecule has 1 spiro atoms. The predicted octanol–water partition coefficient (Wildman–Crippen LogP) is 3.95. The molecular formula is C23H25N3O3. The van der Waals surface area contributed by atoms with Gasteiger partial charge in [-0.1, -0.05) is 18.2 Å². The minimum Gasteiger partial charge on any atom is -0.497 e. The van der Waals surface area contributed by atoms with Crippen LogP contribution < -0.4 is 10.1 Å². The minimum absolute atomic E-state index is 0.0345. The van der Waals surface area contributed by atoms with Gasteiger partial charge in [-0.25, -0.2) is 4.79 Å². The monoisotopic (exact) mass is 391 g/mol. The Hall–Kier alpha value is -2.99. The zero-order chi connectivity index (χ0) is 19.8. The third kappa shape index (κ3) is 3.44. The summed E-state index contributed by atoms with van der Waals surface area (Å²) in [6.07, 6.45) is 3.13. The zero-order valence-corrected chi connectivity index (χ0v) is 16.6. The van der Waals surface area contributed by atoms with Crippen LogP contribution in [-0.2, 0) is 11.3 Å². The van der Waals surface area contributed by atoms with Crippen molar-refractivity contribution in [2.24, 2.45) is 5.41 Å². The van der Waals surface area contributed by atoms with Crippen molar-refractivity contribution in [2.45, 2.75) is 13.0 Å². The molecule has 1 aromatic heterocycles. The molecule has 0 aliphatic carbocycles. The van der Waals surface area contributed by atoms with Crippen molar-refractivity contribution in [1.82, 2.24) is 9.47 Å². The molecule has 2 fully saturated rings. The first-order chi connectivity index (χ1) is 14.1. The molecule has 2 amide bonds. The van der Waals surface area contributed by atoms with Gasteiger partial charge >= 0.3 is 6.03 Å². The van der Waals surface area contributed by atoms with Crippen LogP contribution in [0.5, 0.6) is 5.75 Å². The van der Waals surface area contributed by atoms with Crippen molar-refractivity contribution >= 4 is 22.6 Å². The number of hydrogen-bond donors (Lipinski definition) is 1. The summed E-state index contributed by atoms with van der Waals surface area (Å²) in [5.74, 6) is 0.854. The summed E-state index contributed by atoms with van der Waals surface area (Å²) in [7, 11) is 1.68. The highest BCUT2D eigenvalue weighted by atomic mass is 16.5. The third-order valence-corrected chi connectivity index (χ3v) is 6.04. The number of nitrogens with zero attached hydrogens (tertiary/aromatic N) is 2. The molecule has 0 unspecified atom stereocenters. The molecule has 3 heterocycles. The maximum atomic E-state index is 12.6. The number of anilines is 1. The van der Waals surface area contributed by atoms with Crippen LogP contribution in [0, 0.1) is 5.41 Å². The number of aromatic nitrogens is 1. The lowest BCUT2D eigenvalue weighted by molar-refractivity contribution is 0.0255. The van der Waals surface area contributed by atoms with E-state index in [0.29, 0.717) is 0 Å². The molecule has 2 saturated heterocycles. The molecule has 2 aliphatic heterocycles. The Morgan fingerprint density at radius 1 is 1.21 bits per heavy atom. The van der Waals surface area contributed by atoms with Crippen molar-refractivity contribution in [3.8, 4) is 5.75 Å². The molecule has 0 radical (unpaired) electrons. The number of fused-ring (bicyclic) bond motifs is 1. The van der Waals surface area contributed by atoms with Crippen molar-refractivity contribution in [3.63, 3.8) is 0 Å². The highest BCUT2D eigenvalue weighted by Crippen LogP contribution is 2.38. The number of amides is 2. The first kappa shape index (κ1) is 18.1. The second-order valence-corrected chi connectivity index (χ2v) is 8.16. The molecule has 6 nitrogen and oxygen atoms in total. The Morgan fingerprint density at radius 3 is 2.90 bits per heavy atom. The maximum absolute atomic E-state index is 12.6. The predicted molar refractivity (Wildman–Crippen MR) is 112 cm³/mol. The van der Waals surface area contributed by atoms with Crippen LogP contribution in [0.4, 0.5) is 10.5 Å². The van der Waals surface area contributed by atoms with E-state index in [0.717, 1.165) is 61.6 Å². The molecule has 0 bridgehead atoms. The minimum atomic E-state index is -0.0345. The van der Waals surface area contributed by atoms with Gasteiger partial charge in [-0.05, 0) is 47.7 Å². The summed E-state index contributed by atoms with van der Waals surface area (Å²) < 4.78 is 13.0. The fourth-order valence-electron chi connectivity index (χ4n) is 4.38. The Labute approximate surface area is 170 Å². The third-order valence-electron chi connectivity index (χ3n) is 6.04. The van der Waals surface area contributed by atoms with Crippen LogP contribution >= 0.6 is 0 Å². The highest BCUT2D eigenvalue weighted by molar-refractivity contribution is 5.93. The van der Waals surface area contributed by atoms with Gasteiger partial charge in [-0.2, -0.15) is 0 Å². The summed E-state index contributed by atoms with van der Waals surface area (Å²) >= 11 is 0. The number of hydrogen-bond acceptors (Lipinski definition) is 3. The number of methoxy groups -OCH3 is 1. The second kappa shape index (κ2) is 7.12. The average molecular weight is 391 g/mol. The number of likely N-dealkylation sites (tertiary alicyclic amines) is 1. The smallest absolute Gasteiger partial charge is 0.321 e. The number of carbonyl (C=O) groups excluding carboxylic acids is 1. The molecule has 1 N–H and O–H groups in total. The summed E-state index contributed by atoms with van der Waals surface area (Å²) in [4.78, 5) is 14.5. The van der Waals surface area contributed by atoms with Gasteiger partial charge in [0.25, 0.3) is 0 Å². The van der Waals surface area contributed by atoms with Crippen LogP contribution in [0.2, 0.25) is 0 Å². The molecule has 2 aliphatic rings. The summed E-state index contributed by atoms with van der Waals surface area (Å²) in [5.41, 5.74) is 3.28. The van der Waals surface area contributed by atoms with Gasteiger partial charge in [0, 0.05) is 43.5 Å². The largest absolute Gasteiger partial charge is 0.497 e. The SMILES string of the molecule is COc1cccc(Cn2ccc3ccc(NC(=O)N4CC5(CCOC5)C4)cc32)c1. The van der Waals surface area contributed by atoms with Gasteiger partial charge in [0.05, 0.1) is 19.2 Å². The molecule has 6 heteroatoms. The van der Waals surface area contributed by atoms with Crippen LogP contribution in [0.1, 0.15) is 12.0 Å². The average Bonchev–Trinajstić information content (AvgIpc) is 3.35. The number of nitrogens with one attached hydrogen (secondary N) is 1. The lowest BCUT2D eigenvalue weighted by Gasteiger charge is -2.46. The summed E-state index contributed by atoms with van der Waals surface area (Å²) in [6, 6.07) is 16.2. The number of rotatable bonds is 4. The molecule has 29 heavy (non-hydrogen) atoms. The van der Waals surface area contributed by atoms with Crippen molar-refractivity contribution < 1.29 is 14.3 Å². The quantitative estimate of drug-likeness (QED) is 0.733. The maximum Gasteiger partial charge on any atom is 0.321 e. The van der Waals surface area contributed by atoms with Crippen molar-refractivity contribution in [1.29, 1.82) is 0 Å². The van der Waals surface area contributed by atoms with E-state index >= 15 is 0 Å². The topological polar surface area (TPSA) is 55.7 Å². The van der Waals surface area contributed by atoms with Gasteiger partial charge in [-0.15, -0.1) is 0 Å². The van der Waals surface area contributed by atoms with Gasteiger partial charge in [0.1, 0.15) is 5.75 Å². The molecule has 150 valence electrons. The molecule has 2 aromatic carbocycles. The van der Waals surface area contributed by atoms with Gasteiger partial charge in [-0.3, -0.25) is 0 Å². The van der Waals surface area contributed by atoms with Crippen LogP contribution in [0.3, 0.4) is 0 Å². The van der Waals surface area contributed by atoms with Gasteiger partial charge in [0.15, 0.2) is 0 Å². The first-order valence-electron chi connectivity index (χ1n) is 10.00. The fraction of sp³-hybridized carbons (Fsp3) is 0.348. The Morgan fingerprint density at radius 2 is 2.10 bits per heavy atom. The van der Waals surface area contributed by atoms with E-state index in [1.165, 1.54) is 5.56 Å². The van der Waals surface area contributed by atoms with E-state index in [2.05, 4.69) is 34.3 Å². The van der Waals surface area contributed by atoms with Crippen LogP contribution in [0.25, 0.3) is 10.9 Å². The van der Waals surface area contributed by atoms with Crippen molar-refractivity contribution in [3.05, 3.63) is 60.3 Å². The zero-order valence-electron chi connectivity index (χ0n) is 16.6. The Bertz CT molecular complexity index is 1040. The van der Waals surface area contributed by atoms with Gasteiger partial charge < -0.3 is 24.3 Å². The standard InChI is InChI=1S/C23H25N3O3/c1-28-20-4-2-3-17(11-20)13-25-9-7-18-5-6-19(12-21(18)25)24-22(27)26-14-23(15-26)8-10-29-16-23/h2-7,9,11-12H,8,10,13-16H2,1H3,(H,24,27). The number of urea groups is 1. The molecular weight excluding hydrogens is 366 g/mol. The molecule has 3 aromatic rings. The Kier molecular flexibility index (Phi) is 4.43. The second-order valence-electron chi connectivity index (χ2n) is 8.16. The van der Waals surface area contributed by atoms with Crippen LogP contribution in [-0.4, -0.2) is 48.9 Å². The van der Waals surface area contributed by atoms with E-state index in [9.17, 15) is 4.79 Å². The lowest BCUT2D eigenvalue weighted by Crippen LogP contribution is -2.59. The van der Waals surface area contributed by atoms with E-state index < -0.39 is 0 Å². The summed E-state index contributed by atoms with van der Waals surface area (Å²) in [6.45, 7) is 3.91. The van der Waals surface area contributed by atoms with Crippen LogP contribution in [0.15, 0.2) is 54.7 Å². The Balaban J connectivity index is 1.31. The van der Waals surface area contributed by atoms with E-state index in [-0.39, 0.29) is 11.4 Å². The van der Waals surface area contributed by atoms with E-state index in [1.54, 1.807) is 7.11 Å². The van der Waals surface area contributed by atoms with Gasteiger partial charge in [0.2, 0.25) is 0 Å². The summed E-state index contributed by atoms with van der Waals surface area (Å²) in [5, 5.41) is 4.20. The normalized spacial score (nSPS) is 17.5.